The molecule has 0 radical (unpaired) electrons. The molecule has 1 aromatic carbocycles. The summed E-state index contributed by atoms with van der Waals surface area (Å²) < 4.78 is 2.21. The van der Waals surface area contributed by atoms with E-state index in [4.69, 9.17) is 0 Å². The van der Waals surface area contributed by atoms with Gasteiger partial charge in [0.2, 0.25) is 5.91 Å². The van der Waals surface area contributed by atoms with Crippen molar-refractivity contribution >= 4 is 11.6 Å². The second-order valence-electron chi connectivity index (χ2n) is 7.74. The summed E-state index contributed by atoms with van der Waals surface area (Å²) in [5.41, 5.74) is 6.66. The van der Waals surface area contributed by atoms with Crippen LogP contribution in [0.4, 0.5) is 5.69 Å². The summed E-state index contributed by atoms with van der Waals surface area (Å²) in [4.78, 5) is 21.5. The third kappa shape index (κ3) is 3.79. The highest BCUT2D eigenvalue weighted by Crippen LogP contribution is 2.28. The minimum absolute atomic E-state index is 0.215. The van der Waals surface area contributed by atoms with Crippen molar-refractivity contribution in [2.24, 2.45) is 0 Å². The Morgan fingerprint density at radius 2 is 1.80 bits per heavy atom. The Morgan fingerprint density at radius 3 is 2.53 bits per heavy atom. The fraction of sp³-hybridized carbons (Fsp3) is 0.200. The number of H-pyrrole nitrogens is 1. The Labute approximate surface area is 176 Å². The molecule has 1 saturated heterocycles. The van der Waals surface area contributed by atoms with E-state index < -0.39 is 0 Å². The molecule has 0 atom stereocenters. The van der Waals surface area contributed by atoms with Gasteiger partial charge in [0.15, 0.2) is 0 Å². The predicted octanol–water partition coefficient (Wildman–Crippen LogP) is 4.91. The van der Waals surface area contributed by atoms with Gasteiger partial charge in [-0.25, -0.2) is 0 Å². The maximum absolute atomic E-state index is 12.0. The van der Waals surface area contributed by atoms with Crippen molar-refractivity contribution < 1.29 is 4.79 Å². The summed E-state index contributed by atoms with van der Waals surface area (Å²) in [5, 5.41) is 0. The van der Waals surface area contributed by atoms with Gasteiger partial charge < -0.3 is 14.5 Å². The van der Waals surface area contributed by atoms with Crippen LogP contribution in [0.25, 0.3) is 22.3 Å². The van der Waals surface area contributed by atoms with Crippen LogP contribution in [0.15, 0.2) is 79.5 Å². The van der Waals surface area contributed by atoms with Crippen molar-refractivity contribution in [1.82, 2.24) is 14.5 Å². The Morgan fingerprint density at radius 1 is 0.967 bits per heavy atom. The van der Waals surface area contributed by atoms with Crippen molar-refractivity contribution in [3.8, 4) is 22.3 Å². The Hall–Kier alpha value is -3.60. The topological polar surface area (TPSA) is 53.9 Å². The molecule has 5 nitrogen and oxygen atoms in total. The Kier molecular flexibility index (Phi) is 4.93. The molecule has 1 aliphatic heterocycles. The van der Waals surface area contributed by atoms with E-state index in [9.17, 15) is 4.79 Å². The largest absolute Gasteiger partial charge is 0.365 e. The summed E-state index contributed by atoms with van der Waals surface area (Å²) in [7, 11) is 0. The lowest BCUT2D eigenvalue weighted by Gasteiger charge is -2.16. The fourth-order valence-corrected chi connectivity index (χ4v) is 4.03. The van der Waals surface area contributed by atoms with E-state index >= 15 is 0 Å². The van der Waals surface area contributed by atoms with Gasteiger partial charge in [0, 0.05) is 85.0 Å². The van der Waals surface area contributed by atoms with Crippen LogP contribution < -0.4 is 4.90 Å². The van der Waals surface area contributed by atoms with E-state index in [-0.39, 0.29) is 5.91 Å². The van der Waals surface area contributed by atoms with Gasteiger partial charge >= 0.3 is 0 Å². The van der Waals surface area contributed by atoms with E-state index in [2.05, 4.69) is 57.3 Å². The van der Waals surface area contributed by atoms with E-state index in [1.54, 1.807) is 0 Å². The molecule has 150 valence electrons. The first kappa shape index (κ1) is 18.4. The minimum Gasteiger partial charge on any atom is -0.365 e. The van der Waals surface area contributed by atoms with Crippen LogP contribution in [0, 0.1) is 0 Å². The predicted molar refractivity (Wildman–Crippen MR) is 119 cm³/mol. The minimum atomic E-state index is 0.215. The highest BCUT2D eigenvalue weighted by atomic mass is 16.2. The highest BCUT2D eigenvalue weighted by molar-refractivity contribution is 5.95. The SMILES string of the molecule is O=C1CCCN1c1ccc(-c2cncc(-c3ccn(CCc4ccc[nH]4)c3)c2)cc1. The maximum Gasteiger partial charge on any atom is 0.227 e. The first-order valence-corrected chi connectivity index (χ1v) is 10.4. The average molecular weight is 396 g/mol. The van der Waals surface area contributed by atoms with E-state index in [0.717, 1.165) is 53.9 Å². The molecule has 1 aliphatic rings. The summed E-state index contributed by atoms with van der Waals surface area (Å²) in [5.74, 6) is 0.215. The number of nitrogens with zero attached hydrogens (tertiary/aromatic N) is 3. The zero-order valence-electron chi connectivity index (χ0n) is 16.8. The number of rotatable bonds is 6. The average Bonchev–Trinajstić information content (AvgIpc) is 3.55. The van der Waals surface area contributed by atoms with Gasteiger partial charge in [0.05, 0.1) is 0 Å². The summed E-state index contributed by atoms with van der Waals surface area (Å²) >= 11 is 0. The molecule has 0 unspecified atom stereocenters. The Balaban J connectivity index is 1.32. The first-order chi connectivity index (χ1) is 14.8. The third-order valence-electron chi connectivity index (χ3n) is 5.71. The van der Waals surface area contributed by atoms with Gasteiger partial charge in [0.1, 0.15) is 0 Å². The number of aryl methyl sites for hydroxylation is 2. The molecule has 4 heterocycles. The number of hydrogen-bond donors (Lipinski definition) is 1. The number of anilines is 1. The van der Waals surface area contributed by atoms with E-state index in [1.165, 1.54) is 5.69 Å². The first-order valence-electron chi connectivity index (χ1n) is 10.4. The molecular weight excluding hydrogens is 372 g/mol. The van der Waals surface area contributed by atoms with Crippen LogP contribution in [0.5, 0.6) is 0 Å². The quantitative estimate of drug-likeness (QED) is 0.503. The van der Waals surface area contributed by atoms with Gasteiger partial charge in [-0.2, -0.15) is 0 Å². The molecule has 0 saturated carbocycles. The molecule has 30 heavy (non-hydrogen) atoms. The molecule has 5 rings (SSSR count). The zero-order chi connectivity index (χ0) is 20.3. The van der Waals surface area contributed by atoms with Crippen molar-refractivity contribution in [1.29, 1.82) is 0 Å². The van der Waals surface area contributed by atoms with Crippen molar-refractivity contribution in [3.05, 3.63) is 85.2 Å². The monoisotopic (exact) mass is 396 g/mol. The van der Waals surface area contributed by atoms with Gasteiger partial charge in [-0.3, -0.25) is 9.78 Å². The molecule has 0 spiro atoms. The van der Waals surface area contributed by atoms with Crippen molar-refractivity contribution in [2.45, 2.75) is 25.8 Å². The van der Waals surface area contributed by atoms with Crippen LogP contribution in [-0.4, -0.2) is 27.0 Å². The highest BCUT2D eigenvalue weighted by Gasteiger charge is 2.21. The number of amides is 1. The number of carbonyl (C=O) groups is 1. The molecule has 3 aromatic heterocycles. The van der Waals surface area contributed by atoms with Crippen molar-refractivity contribution in [3.63, 3.8) is 0 Å². The summed E-state index contributed by atoms with van der Waals surface area (Å²) in [6, 6.07) is 16.7. The lowest BCUT2D eigenvalue weighted by atomic mass is 10.0. The summed E-state index contributed by atoms with van der Waals surface area (Å²) in [6.07, 6.45) is 12.6. The Bertz CT molecular complexity index is 1140. The molecule has 4 aromatic rings. The normalized spacial score (nSPS) is 13.9. The van der Waals surface area contributed by atoms with Crippen molar-refractivity contribution in [2.75, 3.05) is 11.4 Å². The third-order valence-corrected chi connectivity index (χ3v) is 5.71. The van der Waals surface area contributed by atoms with E-state index in [1.807, 2.05) is 41.7 Å². The lowest BCUT2D eigenvalue weighted by Crippen LogP contribution is -2.23. The van der Waals surface area contributed by atoms with Gasteiger partial charge in [-0.05, 0) is 48.4 Å². The number of carbonyl (C=O) groups excluding carboxylic acids is 1. The zero-order valence-corrected chi connectivity index (χ0v) is 16.8. The molecule has 0 bridgehead atoms. The molecule has 5 heteroatoms. The lowest BCUT2D eigenvalue weighted by molar-refractivity contribution is -0.117. The number of benzene rings is 1. The van der Waals surface area contributed by atoms with Gasteiger partial charge in [0.25, 0.3) is 0 Å². The van der Waals surface area contributed by atoms with E-state index in [0.29, 0.717) is 6.42 Å². The van der Waals surface area contributed by atoms with Gasteiger partial charge in [-0.15, -0.1) is 0 Å². The van der Waals surface area contributed by atoms with Crippen LogP contribution in [-0.2, 0) is 17.8 Å². The van der Waals surface area contributed by atoms with Crippen LogP contribution in [0.2, 0.25) is 0 Å². The fourth-order valence-electron chi connectivity index (χ4n) is 4.03. The smallest absolute Gasteiger partial charge is 0.227 e. The molecular formula is C25H24N4O. The number of aromatic amines is 1. The van der Waals surface area contributed by atoms with Crippen LogP contribution >= 0.6 is 0 Å². The van der Waals surface area contributed by atoms with Gasteiger partial charge in [-0.1, -0.05) is 12.1 Å². The summed E-state index contributed by atoms with van der Waals surface area (Å²) in [6.45, 7) is 1.75. The molecule has 0 aliphatic carbocycles. The van der Waals surface area contributed by atoms with Crippen LogP contribution in [0.3, 0.4) is 0 Å². The number of aromatic nitrogens is 3. The second-order valence-corrected chi connectivity index (χ2v) is 7.74. The standard InChI is InChI=1S/C25H24N4O/c30-25-4-2-12-29(25)24-7-5-19(6-8-24)21-15-22(17-26-16-21)20-9-13-28(18-20)14-10-23-3-1-11-27-23/h1,3,5-9,11,13,15-18,27H,2,4,10,12,14H2. The second kappa shape index (κ2) is 8.03. The van der Waals surface area contributed by atoms with Crippen LogP contribution in [0.1, 0.15) is 18.5 Å². The maximum atomic E-state index is 12.0. The number of hydrogen-bond acceptors (Lipinski definition) is 2. The molecule has 1 amide bonds. The number of pyridine rings is 1. The molecule has 1 fully saturated rings. The molecule has 1 N–H and O–H groups in total. The number of nitrogens with one attached hydrogen (secondary N) is 1.